The molecule has 0 radical (unpaired) electrons. The molecule has 1 amide bonds. The number of fused-ring (bicyclic) bond motifs is 1. The molecule has 0 saturated heterocycles. The lowest BCUT2D eigenvalue weighted by Crippen LogP contribution is -2.36. The van der Waals surface area contributed by atoms with Crippen LogP contribution in [-0.2, 0) is 11.2 Å². The molecule has 0 aliphatic carbocycles. The topological polar surface area (TPSA) is 46.3 Å². The summed E-state index contributed by atoms with van der Waals surface area (Å²) in [5, 5.41) is 3.65. The Balaban J connectivity index is 0.000000509. The van der Waals surface area contributed by atoms with Gasteiger partial charge in [-0.2, -0.15) is 0 Å². The second-order valence-corrected chi connectivity index (χ2v) is 3.14. The van der Waals surface area contributed by atoms with Gasteiger partial charge < -0.3 is 9.42 Å². The van der Waals surface area contributed by atoms with Crippen LogP contribution >= 0.6 is 0 Å². The average molecular weight is 226 g/mol. The van der Waals surface area contributed by atoms with E-state index >= 15 is 0 Å². The van der Waals surface area contributed by atoms with Crippen LogP contribution in [0.2, 0.25) is 0 Å². The highest BCUT2D eigenvalue weighted by Crippen LogP contribution is 2.28. The van der Waals surface area contributed by atoms with Gasteiger partial charge in [0.25, 0.3) is 0 Å². The second kappa shape index (κ2) is 7.04. The molecule has 4 nitrogen and oxygen atoms in total. The molecular weight excluding hydrogens is 204 g/mol. The lowest BCUT2D eigenvalue weighted by Gasteiger charge is -2.24. The molecule has 0 aromatic carbocycles. The van der Waals surface area contributed by atoms with Crippen molar-refractivity contribution in [2.75, 3.05) is 11.9 Å². The first-order valence-corrected chi connectivity index (χ1v) is 5.91. The average Bonchev–Trinajstić information content (AvgIpc) is 2.79. The highest BCUT2D eigenvalue weighted by atomic mass is 16.5. The van der Waals surface area contributed by atoms with Gasteiger partial charge in [0, 0.05) is 19.4 Å². The third kappa shape index (κ3) is 2.84. The van der Waals surface area contributed by atoms with Crippen LogP contribution in [0, 0.1) is 5.92 Å². The smallest absolute Gasteiger partial charge is 0.230 e. The molecule has 16 heavy (non-hydrogen) atoms. The first-order valence-electron chi connectivity index (χ1n) is 5.91. The largest absolute Gasteiger partial charge is 0.359 e. The summed E-state index contributed by atoms with van der Waals surface area (Å²) in [6.07, 6.45) is 2.25. The van der Waals surface area contributed by atoms with Gasteiger partial charge in [-0.3, -0.25) is 4.79 Å². The number of hydrogen-bond acceptors (Lipinski definition) is 3. The number of rotatable bonds is 0. The maximum Gasteiger partial charge on any atom is 0.230 e. The van der Waals surface area contributed by atoms with Crippen LogP contribution in [0.1, 0.15) is 40.4 Å². The van der Waals surface area contributed by atoms with Crippen LogP contribution in [0.25, 0.3) is 0 Å². The third-order valence-corrected chi connectivity index (χ3v) is 2.23. The van der Waals surface area contributed by atoms with Gasteiger partial charge in [0.05, 0.1) is 6.20 Å². The summed E-state index contributed by atoms with van der Waals surface area (Å²) in [7, 11) is 1.74. The molecule has 4 heteroatoms. The third-order valence-electron chi connectivity index (χ3n) is 2.23. The summed E-state index contributed by atoms with van der Waals surface area (Å²) in [4.78, 5) is 13.0. The molecule has 1 aliphatic heterocycles. The fourth-order valence-corrected chi connectivity index (χ4v) is 1.49. The molecule has 2 heterocycles. The Morgan fingerprint density at radius 2 is 1.94 bits per heavy atom. The first-order chi connectivity index (χ1) is 7.70. The highest BCUT2D eigenvalue weighted by Gasteiger charge is 2.30. The van der Waals surface area contributed by atoms with E-state index in [2.05, 4.69) is 5.16 Å². The van der Waals surface area contributed by atoms with Crippen LogP contribution in [0.4, 0.5) is 5.69 Å². The second-order valence-electron chi connectivity index (χ2n) is 3.14. The number of aromatic nitrogens is 1. The summed E-state index contributed by atoms with van der Waals surface area (Å²) in [5.41, 5.74) is 0.804. The minimum Gasteiger partial charge on any atom is -0.359 e. The zero-order valence-electron chi connectivity index (χ0n) is 11.1. The predicted molar refractivity (Wildman–Crippen MR) is 65.5 cm³/mol. The van der Waals surface area contributed by atoms with Gasteiger partial charge in [0.15, 0.2) is 5.76 Å². The van der Waals surface area contributed by atoms with Crippen LogP contribution in [-0.4, -0.2) is 18.1 Å². The number of anilines is 1. The zero-order chi connectivity index (χ0) is 12.7. The van der Waals surface area contributed by atoms with Crippen LogP contribution in [0.15, 0.2) is 10.7 Å². The van der Waals surface area contributed by atoms with Gasteiger partial charge >= 0.3 is 0 Å². The molecular formula is C12H22N2O2. The Labute approximate surface area is 97.6 Å². The Morgan fingerprint density at radius 3 is 2.50 bits per heavy atom. The molecule has 1 atom stereocenters. The molecule has 1 aromatic heterocycles. The van der Waals surface area contributed by atoms with E-state index in [-0.39, 0.29) is 11.8 Å². The van der Waals surface area contributed by atoms with Gasteiger partial charge in [-0.25, -0.2) is 0 Å². The maximum atomic E-state index is 11.4. The Kier molecular flexibility index (Phi) is 6.46. The van der Waals surface area contributed by atoms with Crippen molar-refractivity contribution >= 4 is 11.6 Å². The van der Waals surface area contributed by atoms with Gasteiger partial charge in [0.2, 0.25) is 5.91 Å². The molecule has 0 N–H and O–H groups in total. The number of nitrogens with zero attached hydrogens (tertiary/aromatic N) is 2. The molecule has 1 unspecified atom stereocenters. The number of amides is 1. The zero-order valence-corrected chi connectivity index (χ0v) is 11.1. The van der Waals surface area contributed by atoms with E-state index < -0.39 is 0 Å². The molecule has 0 spiro atoms. The van der Waals surface area contributed by atoms with Crippen molar-refractivity contribution in [1.29, 1.82) is 0 Å². The lowest BCUT2D eigenvalue weighted by molar-refractivity contribution is -0.122. The van der Waals surface area contributed by atoms with E-state index in [0.29, 0.717) is 6.42 Å². The van der Waals surface area contributed by atoms with Crippen molar-refractivity contribution in [3.63, 3.8) is 0 Å². The van der Waals surface area contributed by atoms with E-state index in [1.807, 2.05) is 34.6 Å². The fourth-order valence-electron chi connectivity index (χ4n) is 1.49. The highest BCUT2D eigenvalue weighted by molar-refractivity contribution is 5.96. The summed E-state index contributed by atoms with van der Waals surface area (Å²) in [6, 6.07) is 0. The number of carbonyl (C=O) groups is 1. The van der Waals surface area contributed by atoms with E-state index in [1.54, 1.807) is 18.1 Å². The summed E-state index contributed by atoms with van der Waals surface area (Å²) in [5.74, 6) is 0.950. The molecule has 2 rings (SSSR count). The van der Waals surface area contributed by atoms with E-state index in [9.17, 15) is 4.79 Å². The van der Waals surface area contributed by atoms with Crippen molar-refractivity contribution < 1.29 is 9.32 Å². The molecule has 1 aliphatic rings. The Bertz CT molecular complexity index is 321. The van der Waals surface area contributed by atoms with Gasteiger partial charge in [-0.05, 0) is 0 Å². The number of hydrogen-bond donors (Lipinski definition) is 0. The number of carbonyl (C=O) groups excluding carboxylic acids is 1. The van der Waals surface area contributed by atoms with Crippen LogP contribution in [0.5, 0.6) is 0 Å². The normalized spacial score (nSPS) is 17.8. The standard InChI is InChI=1S/C8H10N2O2.2C2H6/c1-5-3-7-6(4-9-12-7)10(2)8(5)11;2*1-2/h4-5H,3H2,1-2H3;2*1-2H3. The summed E-state index contributed by atoms with van der Waals surface area (Å²) in [6.45, 7) is 9.89. The minimum atomic E-state index is 0.00968. The van der Waals surface area contributed by atoms with E-state index in [4.69, 9.17) is 4.52 Å². The van der Waals surface area contributed by atoms with Crippen molar-refractivity contribution in [2.24, 2.45) is 5.92 Å². The lowest BCUT2D eigenvalue weighted by atomic mass is 10.00. The van der Waals surface area contributed by atoms with Gasteiger partial charge in [-0.15, -0.1) is 0 Å². The summed E-state index contributed by atoms with van der Waals surface area (Å²) < 4.78 is 5.00. The van der Waals surface area contributed by atoms with Crippen molar-refractivity contribution in [2.45, 2.75) is 41.0 Å². The van der Waals surface area contributed by atoms with Crippen molar-refractivity contribution in [3.05, 3.63) is 12.0 Å². The monoisotopic (exact) mass is 226 g/mol. The molecule has 0 fully saturated rings. The molecule has 0 saturated carbocycles. The minimum absolute atomic E-state index is 0.00968. The van der Waals surface area contributed by atoms with Gasteiger partial charge in [0.1, 0.15) is 5.69 Å². The fraction of sp³-hybridized carbons (Fsp3) is 0.667. The predicted octanol–water partition coefficient (Wildman–Crippen LogP) is 2.88. The SMILES string of the molecule is CC.CC.CC1Cc2oncc2N(C)C1=O. The Morgan fingerprint density at radius 1 is 1.38 bits per heavy atom. The van der Waals surface area contributed by atoms with E-state index in [0.717, 1.165) is 11.4 Å². The summed E-state index contributed by atoms with van der Waals surface area (Å²) >= 11 is 0. The van der Waals surface area contributed by atoms with Crippen LogP contribution in [0.3, 0.4) is 0 Å². The van der Waals surface area contributed by atoms with Gasteiger partial charge in [-0.1, -0.05) is 39.8 Å². The van der Waals surface area contributed by atoms with Crippen LogP contribution < -0.4 is 4.90 Å². The quantitative estimate of drug-likeness (QED) is 0.683. The van der Waals surface area contributed by atoms with Crippen molar-refractivity contribution in [3.8, 4) is 0 Å². The molecule has 1 aromatic rings. The molecule has 92 valence electrons. The van der Waals surface area contributed by atoms with Crippen molar-refractivity contribution in [1.82, 2.24) is 5.16 Å². The van der Waals surface area contributed by atoms with E-state index in [1.165, 1.54) is 0 Å². The Hall–Kier alpha value is -1.32. The molecule has 0 bridgehead atoms. The maximum absolute atomic E-state index is 11.4. The first kappa shape index (κ1) is 14.7.